The van der Waals surface area contributed by atoms with Crippen LogP contribution in [0.2, 0.25) is 0 Å². The first-order valence-electron chi connectivity index (χ1n) is 17.3. The summed E-state index contributed by atoms with van der Waals surface area (Å²) in [4.78, 5) is 22.6. The number of anilines is 2. The summed E-state index contributed by atoms with van der Waals surface area (Å²) in [6, 6.07) is 26.4. The second kappa shape index (κ2) is 17.9. The van der Waals surface area contributed by atoms with E-state index in [1.165, 1.54) is 0 Å². The number of piperazine rings is 2. The lowest BCUT2D eigenvalue weighted by molar-refractivity contribution is 0.266. The van der Waals surface area contributed by atoms with Gasteiger partial charge in [0, 0.05) is 73.5 Å². The van der Waals surface area contributed by atoms with Gasteiger partial charge in [-0.25, -0.2) is 9.97 Å². The number of benzene rings is 2. The Morgan fingerprint density at radius 1 is 0.635 bits per heavy atom. The number of hydrogen-bond acceptors (Lipinski definition) is 13. The van der Waals surface area contributed by atoms with Crippen molar-refractivity contribution in [1.82, 2.24) is 30.6 Å². The number of aromatic nitrogens is 4. The Kier molecular flexibility index (Phi) is 12.2. The van der Waals surface area contributed by atoms with E-state index in [2.05, 4.69) is 53.3 Å². The molecule has 0 aliphatic carbocycles. The molecule has 52 heavy (non-hydrogen) atoms. The maximum absolute atomic E-state index is 5.93. The second-order valence-corrected chi connectivity index (χ2v) is 13.9. The summed E-state index contributed by atoms with van der Waals surface area (Å²) >= 11 is 3.37. The zero-order valence-corrected chi connectivity index (χ0v) is 30.6. The van der Waals surface area contributed by atoms with Gasteiger partial charge in [-0.3, -0.25) is 9.97 Å². The summed E-state index contributed by atoms with van der Waals surface area (Å²) in [6.07, 6.45) is 6.99. The predicted octanol–water partition coefficient (Wildman–Crippen LogP) is 6.13. The van der Waals surface area contributed by atoms with Gasteiger partial charge >= 0.3 is 0 Å². The number of methoxy groups -OCH3 is 1. The number of hydrogen-bond donors (Lipinski definition) is 2. The van der Waals surface area contributed by atoms with Crippen LogP contribution in [-0.4, -0.2) is 91.6 Å². The van der Waals surface area contributed by atoms with Crippen LogP contribution in [0.3, 0.4) is 0 Å². The van der Waals surface area contributed by atoms with Gasteiger partial charge < -0.3 is 34.6 Å². The minimum atomic E-state index is 0.230. The van der Waals surface area contributed by atoms with Crippen LogP contribution < -0.4 is 34.6 Å². The van der Waals surface area contributed by atoms with Gasteiger partial charge in [-0.05, 0) is 48.5 Å². The molecule has 8 rings (SSSR count). The Hall–Kier alpha value is -5.08. The highest BCUT2D eigenvalue weighted by molar-refractivity contribution is 7.14. The van der Waals surface area contributed by atoms with Crippen molar-refractivity contribution < 1.29 is 14.2 Å². The molecule has 4 aromatic heterocycles. The molecule has 2 fully saturated rings. The first-order valence-corrected chi connectivity index (χ1v) is 19.1. The molecule has 6 heterocycles. The Bertz CT molecular complexity index is 1930. The molecule has 0 radical (unpaired) electrons. The number of rotatable bonds is 11. The molecule has 2 aromatic carbocycles. The monoisotopic (exact) mass is 734 g/mol. The number of nitrogens with zero attached hydrogens (tertiary/aromatic N) is 6. The van der Waals surface area contributed by atoms with E-state index in [0.29, 0.717) is 13.2 Å². The normalized spacial score (nSPS) is 17.2. The van der Waals surface area contributed by atoms with E-state index in [4.69, 9.17) is 24.2 Å². The minimum Gasteiger partial charge on any atom is -0.497 e. The minimum absolute atomic E-state index is 0.230. The van der Waals surface area contributed by atoms with Crippen molar-refractivity contribution in [2.24, 2.45) is 0 Å². The molecule has 268 valence electrons. The molecule has 0 spiro atoms. The van der Waals surface area contributed by atoms with Crippen LogP contribution in [0.4, 0.5) is 10.3 Å². The lowest BCUT2D eigenvalue weighted by Crippen LogP contribution is -2.54. The zero-order chi connectivity index (χ0) is 35.4. The molecule has 0 amide bonds. The van der Waals surface area contributed by atoms with Gasteiger partial charge in [0.15, 0.2) is 10.3 Å². The molecule has 11 nitrogen and oxygen atoms in total. The molecule has 2 atom stereocenters. The third-order valence-corrected chi connectivity index (χ3v) is 10.5. The Labute approximate surface area is 312 Å². The van der Waals surface area contributed by atoms with Gasteiger partial charge in [0.1, 0.15) is 30.5 Å². The number of ether oxygens (including phenoxy) is 3. The third kappa shape index (κ3) is 9.22. The largest absolute Gasteiger partial charge is 0.497 e. The van der Waals surface area contributed by atoms with E-state index >= 15 is 0 Å². The zero-order valence-electron chi connectivity index (χ0n) is 29.0. The lowest BCUT2D eigenvalue weighted by atomic mass is 10.2. The van der Waals surface area contributed by atoms with Crippen molar-refractivity contribution in [3.05, 3.63) is 114 Å². The number of pyridine rings is 2. The van der Waals surface area contributed by atoms with Gasteiger partial charge in [-0.1, -0.05) is 30.3 Å². The quantitative estimate of drug-likeness (QED) is 0.160. The van der Waals surface area contributed by atoms with E-state index < -0.39 is 0 Å². The molecule has 2 aliphatic rings. The molecule has 2 N–H and O–H groups in total. The van der Waals surface area contributed by atoms with E-state index in [1.54, 1.807) is 54.6 Å². The first kappa shape index (κ1) is 35.3. The van der Waals surface area contributed by atoms with E-state index in [-0.39, 0.29) is 12.1 Å². The fraction of sp³-hybridized carbons (Fsp3) is 0.282. The van der Waals surface area contributed by atoms with Gasteiger partial charge in [0.25, 0.3) is 0 Å². The van der Waals surface area contributed by atoms with Gasteiger partial charge in [0.05, 0.1) is 43.0 Å². The maximum Gasteiger partial charge on any atom is 0.186 e. The highest BCUT2D eigenvalue weighted by Crippen LogP contribution is 2.31. The highest BCUT2D eigenvalue weighted by Gasteiger charge is 2.27. The molecule has 0 saturated carbocycles. The van der Waals surface area contributed by atoms with Gasteiger partial charge in [-0.2, -0.15) is 0 Å². The van der Waals surface area contributed by atoms with Crippen molar-refractivity contribution in [3.8, 4) is 39.8 Å². The van der Waals surface area contributed by atoms with Gasteiger partial charge in [0.2, 0.25) is 0 Å². The third-order valence-electron chi connectivity index (χ3n) is 8.78. The molecule has 2 unspecified atom stereocenters. The lowest BCUT2D eigenvalue weighted by Gasteiger charge is -2.35. The van der Waals surface area contributed by atoms with E-state index in [0.717, 1.165) is 89.3 Å². The van der Waals surface area contributed by atoms with Crippen LogP contribution in [0.15, 0.2) is 114 Å². The summed E-state index contributed by atoms with van der Waals surface area (Å²) in [5.41, 5.74) is 4.27. The summed E-state index contributed by atoms with van der Waals surface area (Å²) < 4.78 is 17.1. The van der Waals surface area contributed by atoms with Crippen LogP contribution >= 0.6 is 22.7 Å². The SMILES string of the molecule is COc1ccc(-c2csc(N3CCNCC3COc3cccnc3)n2)cc1.c1ccc(-c2csc(N3CCNCC3COc3cccnc3)n2)cc1. The summed E-state index contributed by atoms with van der Waals surface area (Å²) in [5.74, 6) is 2.45. The highest BCUT2D eigenvalue weighted by atomic mass is 32.1. The number of nitrogens with one attached hydrogen (secondary N) is 2. The van der Waals surface area contributed by atoms with Crippen LogP contribution in [0.5, 0.6) is 17.2 Å². The average Bonchev–Trinajstić information content (AvgIpc) is 3.93. The van der Waals surface area contributed by atoms with Crippen LogP contribution in [-0.2, 0) is 0 Å². The average molecular weight is 735 g/mol. The van der Waals surface area contributed by atoms with Crippen LogP contribution in [0, 0.1) is 0 Å². The molecule has 0 bridgehead atoms. The fourth-order valence-corrected chi connectivity index (χ4v) is 7.87. The molecule has 13 heteroatoms. The summed E-state index contributed by atoms with van der Waals surface area (Å²) in [7, 11) is 1.67. The molecule has 6 aromatic rings. The molecule has 2 saturated heterocycles. The van der Waals surface area contributed by atoms with Crippen molar-refractivity contribution in [2.45, 2.75) is 12.1 Å². The number of thiazole rings is 2. The van der Waals surface area contributed by atoms with E-state index in [1.807, 2.05) is 66.7 Å². The Balaban J connectivity index is 0.000000162. The van der Waals surface area contributed by atoms with Crippen molar-refractivity contribution >= 4 is 32.9 Å². The van der Waals surface area contributed by atoms with Crippen molar-refractivity contribution in [1.29, 1.82) is 0 Å². The topological polar surface area (TPSA) is 110 Å². The standard InChI is InChI=1S/C20H22N4O2S.C19H20N4OS/c1-25-17-6-4-15(5-7-17)19-14-27-20(23-19)24-10-9-22-11-16(24)13-26-18-3-2-8-21-12-18;1-2-5-15(6-3-1)18-14-25-19(22-18)23-10-9-21-11-16(23)13-24-17-7-4-8-20-12-17/h2-8,12,14,16,22H,9-11,13H2,1H3;1-8,12,14,16,21H,9-11,13H2. The van der Waals surface area contributed by atoms with E-state index in [9.17, 15) is 0 Å². The Morgan fingerprint density at radius 3 is 1.63 bits per heavy atom. The maximum atomic E-state index is 5.93. The summed E-state index contributed by atoms with van der Waals surface area (Å²) in [6.45, 7) is 6.72. The smallest absolute Gasteiger partial charge is 0.186 e. The Morgan fingerprint density at radius 2 is 1.15 bits per heavy atom. The fourth-order valence-electron chi connectivity index (χ4n) is 6.00. The van der Waals surface area contributed by atoms with Gasteiger partial charge in [-0.15, -0.1) is 22.7 Å². The van der Waals surface area contributed by atoms with Crippen LogP contribution in [0.1, 0.15) is 0 Å². The van der Waals surface area contributed by atoms with Crippen molar-refractivity contribution in [3.63, 3.8) is 0 Å². The molecular weight excluding hydrogens is 693 g/mol. The predicted molar refractivity (Wildman–Crippen MR) is 209 cm³/mol. The molecule has 2 aliphatic heterocycles. The summed E-state index contributed by atoms with van der Waals surface area (Å²) in [5, 5.41) is 13.2. The first-order chi connectivity index (χ1) is 25.7. The van der Waals surface area contributed by atoms with Crippen LogP contribution in [0.25, 0.3) is 22.5 Å². The second-order valence-electron chi connectivity index (χ2n) is 12.2. The molecular formula is C39H42N8O3S2. The van der Waals surface area contributed by atoms with Crippen molar-refractivity contribution in [2.75, 3.05) is 69.4 Å².